The van der Waals surface area contributed by atoms with Crippen molar-refractivity contribution in [3.8, 4) is 17.2 Å². The van der Waals surface area contributed by atoms with Crippen molar-refractivity contribution in [2.45, 2.75) is 0 Å². The number of phenols is 2. The molecule has 0 bridgehead atoms. The summed E-state index contributed by atoms with van der Waals surface area (Å²) in [5.41, 5.74) is 0.463. The molecule has 0 radical (unpaired) electrons. The van der Waals surface area contributed by atoms with Crippen LogP contribution in [0.2, 0.25) is 0 Å². The van der Waals surface area contributed by atoms with Crippen molar-refractivity contribution in [3.63, 3.8) is 0 Å². The molecule has 0 saturated carbocycles. The Morgan fingerprint density at radius 2 is 2.00 bits per heavy atom. The van der Waals surface area contributed by atoms with E-state index in [1.165, 1.54) is 10.7 Å². The number of hydrogen-bond donors (Lipinski definition) is 2. The normalized spacial score (nSPS) is 10.2. The molecule has 0 spiro atoms. The first kappa shape index (κ1) is 7.67. The van der Waals surface area contributed by atoms with Crippen LogP contribution in [0, 0.1) is 0 Å². The number of aromatic hydroxyl groups is 2. The number of para-hydroxylation sites is 1. The summed E-state index contributed by atoms with van der Waals surface area (Å²) in [4.78, 5) is 0. The summed E-state index contributed by atoms with van der Waals surface area (Å²) in [5, 5.41) is 22.6. The van der Waals surface area contributed by atoms with Gasteiger partial charge >= 0.3 is 0 Å². The van der Waals surface area contributed by atoms with Gasteiger partial charge in [0.05, 0.1) is 0 Å². The van der Waals surface area contributed by atoms with Gasteiger partial charge in [0, 0.05) is 12.4 Å². The van der Waals surface area contributed by atoms with Crippen LogP contribution in [-0.4, -0.2) is 20.0 Å². The first-order valence-electron chi connectivity index (χ1n) is 3.80. The van der Waals surface area contributed by atoms with Crippen molar-refractivity contribution in [2.24, 2.45) is 0 Å². The van der Waals surface area contributed by atoms with Gasteiger partial charge in [-0.25, -0.2) is 4.68 Å². The minimum Gasteiger partial charge on any atom is -0.504 e. The molecule has 2 N–H and O–H groups in total. The first-order chi connectivity index (χ1) is 6.29. The minimum absolute atomic E-state index is 0.145. The summed E-state index contributed by atoms with van der Waals surface area (Å²) in [6.45, 7) is 0. The molecule has 0 aliphatic rings. The zero-order chi connectivity index (χ0) is 9.26. The molecule has 66 valence electrons. The maximum atomic E-state index is 9.46. The Labute approximate surface area is 74.7 Å². The monoisotopic (exact) mass is 176 g/mol. The summed E-state index contributed by atoms with van der Waals surface area (Å²) in [7, 11) is 0. The van der Waals surface area contributed by atoms with Gasteiger partial charge in [0.15, 0.2) is 11.5 Å². The molecule has 1 aromatic carbocycles. The Morgan fingerprint density at radius 3 is 2.69 bits per heavy atom. The van der Waals surface area contributed by atoms with Gasteiger partial charge in [-0.1, -0.05) is 6.07 Å². The second kappa shape index (κ2) is 2.82. The molecule has 0 unspecified atom stereocenters. The molecule has 2 aromatic rings. The van der Waals surface area contributed by atoms with Crippen LogP contribution in [0.4, 0.5) is 0 Å². The Hall–Kier alpha value is -1.97. The van der Waals surface area contributed by atoms with Crippen LogP contribution in [0.1, 0.15) is 0 Å². The average Bonchev–Trinajstić information content (AvgIpc) is 2.62. The fourth-order valence-corrected chi connectivity index (χ4v) is 1.12. The lowest BCUT2D eigenvalue weighted by molar-refractivity contribution is 0.401. The van der Waals surface area contributed by atoms with Crippen LogP contribution in [0.5, 0.6) is 11.5 Å². The van der Waals surface area contributed by atoms with E-state index in [9.17, 15) is 10.2 Å². The average molecular weight is 176 g/mol. The standard InChI is InChI=1S/C9H8N2O2/c12-8-4-1-3-7(9(8)13)11-6-2-5-10-11/h1-6,12-13H. The quantitative estimate of drug-likeness (QED) is 0.643. The maximum absolute atomic E-state index is 9.46. The van der Waals surface area contributed by atoms with E-state index in [4.69, 9.17) is 0 Å². The van der Waals surface area contributed by atoms with Crippen LogP contribution in [-0.2, 0) is 0 Å². The summed E-state index contributed by atoms with van der Waals surface area (Å²) in [6, 6.07) is 6.47. The molecule has 1 aromatic heterocycles. The molecule has 4 heteroatoms. The van der Waals surface area contributed by atoms with Crippen LogP contribution in [0.25, 0.3) is 5.69 Å². The van der Waals surface area contributed by atoms with E-state index in [1.807, 2.05) is 0 Å². The Morgan fingerprint density at radius 1 is 1.15 bits per heavy atom. The van der Waals surface area contributed by atoms with Crippen LogP contribution < -0.4 is 0 Å². The third-order valence-corrected chi connectivity index (χ3v) is 1.74. The number of aromatic nitrogens is 2. The predicted molar refractivity (Wildman–Crippen MR) is 46.9 cm³/mol. The van der Waals surface area contributed by atoms with E-state index < -0.39 is 0 Å². The lowest BCUT2D eigenvalue weighted by Crippen LogP contribution is -1.93. The number of nitrogens with zero attached hydrogens (tertiary/aromatic N) is 2. The highest BCUT2D eigenvalue weighted by molar-refractivity contribution is 5.53. The zero-order valence-electron chi connectivity index (χ0n) is 6.75. The molecule has 0 aliphatic heterocycles. The second-order valence-electron chi connectivity index (χ2n) is 2.60. The maximum Gasteiger partial charge on any atom is 0.183 e. The lowest BCUT2D eigenvalue weighted by Gasteiger charge is -2.04. The number of hydrogen-bond acceptors (Lipinski definition) is 3. The molecule has 0 atom stereocenters. The van der Waals surface area contributed by atoms with Gasteiger partial charge in [-0.2, -0.15) is 5.10 Å². The summed E-state index contributed by atoms with van der Waals surface area (Å²) >= 11 is 0. The number of phenolic OH excluding ortho intramolecular Hbond substituents is 2. The third kappa shape index (κ3) is 1.22. The first-order valence-corrected chi connectivity index (χ1v) is 3.80. The van der Waals surface area contributed by atoms with Crippen LogP contribution >= 0.6 is 0 Å². The van der Waals surface area contributed by atoms with E-state index >= 15 is 0 Å². The number of benzene rings is 1. The Kier molecular flexibility index (Phi) is 1.66. The minimum atomic E-state index is -0.161. The molecule has 0 amide bonds. The molecule has 0 saturated heterocycles. The van der Waals surface area contributed by atoms with Gasteiger partial charge in [0.1, 0.15) is 5.69 Å². The second-order valence-corrected chi connectivity index (χ2v) is 2.60. The van der Waals surface area contributed by atoms with Crippen LogP contribution in [0.3, 0.4) is 0 Å². The smallest absolute Gasteiger partial charge is 0.183 e. The van der Waals surface area contributed by atoms with Gasteiger partial charge in [-0.05, 0) is 18.2 Å². The highest BCUT2D eigenvalue weighted by Crippen LogP contribution is 2.30. The van der Waals surface area contributed by atoms with Crippen molar-refractivity contribution < 1.29 is 10.2 Å². The summed E-state index contributed by atoms with van der Waals surface area (Å²) < 4.78 is 1.48. The van der Waals surface area contributed by atoms with E-state index in [-0.39, 0.29) is 11.5 Å². The topological polar surface area (TPSA) is 58.3 Å². The predicted octanol–water partition coefficient (Wildman–Crippen LogP) is 1.28. The molecular weight excluding hydrogens is 168 g/mol. The summed E-state index contributed by atoms with van der Waals surface area (Å²) in [6.07, 6.45) is 3.29. The molecular formula is C9H8N2O2. The van der Waals surface area contributed by atoms with Gasteiger partial charge in [-0.15, -0.1) is 0 Å². The van der Waals surface area contributed by atoms with Crippen molar-refractivity contribution in [1.82, 2.24) is 9.78 Å². The SMILES string of the molecule is Oc1cccc(-n2cccn2)c1O. The molecule has 0 fully saturated rings. The van der Waals surface area contributed by atoms with Crippen LogP contribution in [0.15, 0.2) is 36.7 Å². The van der Waals surface area contributed by atoms with E-state index in [1.54, 1.807) is 30.6 Å². The Balaban J connectivity index is 2.59. The van der Waals surface area contributed by atoms with Gasteiger partial charge < -0.3 is 10.2 Å². The lowest BCUT2D eigenvalue weighted by atomic mass is 10.3. The highest BCUT2D eigenvalue weighted by atomic mass is 16.3. The molecule has 1 heterocycles. The molecule has 13 heavy (non-hydrogen) atoms. The fraction of sp³-hybridized carbons (Fsp3) is 0. The summed E-state index contributed by atoms with van der Waals surface area (Å²) in [5.74, 6) is -0.306. The largest absolute Gasteiger partial charge is 0.504 e. The van der Waals surface area contributed by atoms with Gasteiger partial charge in [-0.3, -0.25) is 0 Å². The molecule has 0 aliphatic carbocycles. The van der Waals surface area contributed by atoms with Crippen molar-refractivity contribution in [2.75, 3.05) is 0 Å². The third-order valence-electron chi connectivity index (χ3n) is 1.74. The molecule has 2 rings (SSSR count). The highest BCUT2D eigenvalue weighted by Gasteiger charge is 2.06. The van der Waals surface area contributed by atoms with E-state index in [2.05, 4.69) is 5.10 Å². The zero-order valence-corrected chi connectivity index (χ0v) is 6.75. The van der Waals surface area contributed by atoms with Crippen molar-refractivity contribution in [1.29, 1.82) is 0 Å². The molecule has 4 nitrogen and oxygen atoms in total. The fourth-order valence-electron chi connectivity index (χ4n) is 1.12. The van der Waals surface area contributed by atoms with E-state index in [0.717, 1.165) is 0 Å². The van der Waals surface area contributed by atoms with Crippen molar-refractivity contribution >= 4 is 0 Å². The number of rotatable bonds is 1. The Bertz CT molecular complexity index is 410. The van der Waals surface area contributed by atoms with Gasteiger partial charge in [0.25, 0.3) is 0 Å². The van der Waals surface area contributed by atoms with Crippen molar-refractivity contribution in [3.05, 3.63) is 36.7 Å². The van der Waals surface area contributed by atoms with E-state index in [0.29, 0.717) is 5.69 Å². The van der Waals surface area contributed by atoms with Gasteiger partial charge in [0.2, 0.25) is 0 Å².